The van der Waals surface area contributed by atoms with E-state index in [2.05, 4.69) is 25.1 Å². The Morgan fingerprint density at radius 1 is 0.877 bits per heavy atom. The van der Waals surface area contributed by atoms with Crippen molar-refractivity contribution in [1.82, 2.24) is 35.1 Å². The summed E-state index contributed by atoms with van der Waals surface area (Å²) in [6.07, 6.45) is 9.97. The molecule has 6 aliphatic heterocycles. The fourth-order valence-corrected chi connectivity index (χ4v) is 11.7. The molecule has 3 aromatic rings. The van der Waals surface area contributed by atoms with Gasteiger partial charge in [0.25, 0.3) is 17.7 Å². The number of carbonyl (C=O) groups is 6. The minimum atomic E-state index is -0.987. The minimum Gasteiger partial charge on any atom is -0.381 e. The summed E-state index contributed by atoms with van der Waals surface area (Å²) in [5.74, 6) is -0.676. The quantitative estimate of drug-likeness (QED) is 0.271. The number of hydrogen-bond donors (Lipinski definition) is 2. The normalized spacial score (nSPS) is 25.3. The number of aryl methyl sites for hydroxylation is 1. The zero-order valence-corrected chi connectivity index (χ0v) is 37.2. The zero-order chi connectivity index (χ0) is 44.9. The summed E-state index contributed by atoms with van der Waals surface area (Å²) >= 11 is 0. The van der Waals surface area contributed by atoms with Crippen molar-refractivity contribution in [2.24, 2.45) is 5.92 Å². The summed E-state index contributed by atoms with van der Waals surface area (Å²) in [7, 11) is 0. The topological polar surface area (TPSA) is 166 Å². The Morgan fingerprint density at radius 3 is 2.45 bits per heavy atom. The van der Waals surface area contributed by atoms with Gasteiger partial charge in [-0.05, 0) is 130 Å². The third kappa shape index (κ3) is 8.36. The van der Waals surface area contributed by atoms with Gasteiger partial charge in [-0.15, -0.1) is 0 Å². The van der Waals surface area contributed by atoms with Crippen LogP contribution in [0.25, 0.3) is 0 Å². The van der Waals surface area contributed by atoms with Gasteiger partial charge < -0.3 is 24.8 Å². The Hall–Kier alpha value is -5.48. The van der Waals surface area contributed by atoms with Crippen molar-refractivity contribution in [2.75, 3.05) is 50.8 Å². The number of halogens is 1. The molecule has 0 spiro atoms. The lowest BCUT2D eigenvalue weighted by molar-refractivity contribution is -0.136. The Morgan fingerprint density at radius 2 is 1.68 bits per heavy atom. The van der Waals surface area contributed by atoms with E-state index in [-0.39, 0.29) is 42.7 Å². The number of aromatic nitrogens is 2. The highest BCUT2D eigenvalue weighted by Crippen LogP contribution is 2.41. The molecule has 15 nitrogen and oxygen atoms in total. The van der Waals surface area contributed by atoms with E-state index in [9.17, 15) is 33.2 Å². The summed E-state index contributed by atoms with van der Waals surface area (Å²) in [5.41, 5.74) is 6.51. The zero-order valence-electron chi connectivity index (χ0n) is 37.2. The number of likely N-dealkylation sites (tertiary alicyclic amines) is 1. The molecule has 16 heteroatoms. The first kappa shape index (κ1) is 43.4. The van der Waals surface area contributed by atoms with Gasteiger partial charge in [0.2, 0.25) is 17.7 Å². The predicted octanol–water partition coefficient (Wildman–Crippen LogP) is 5.26. The first-order chi connectivity index (χ1) is 31.5. The van der Waals surface area contributed by atoms with Crippen molar-refractivity contribution in [3.05, 3.63) is 75.0 Å². The van der Waals surface area contributed by atoms with Crippen LogP contribution in [0.15, 0.2) is 30.3 Å². The van der Waals surface area contributed by atoms with Crippen LogP contribution >= 0.6 is 0 Å². The number of anilines is 2. The standard InChI is InChI=1S/C49H59FN8O7/c1-29(59)55-19-14-41-40(28-55)45(53-58(41)36-15-20-65-21-16-36)56-18-3-4-32-23-38(34(25-50)24-43(32)56)46(61)51-35-9-6-30(7-10-35)26-54-17-2-5-33(27-54)31-8-11-37-39(22-31)49(64)57(48(37)63)42-12-13-44(60)52-47(42)62/h8,11,22-24,30,33,35-36,42H,2-7,9-10,12-21,25-28H2,1H3,(H,51,61)(H,52,60,62)/t30?,33-,35?,42?/m0/s1. The maximum Gasteiger partial charge on any atom is 0.262 e. The molecule has 1 aromatic heterocycles. The van der Waals surface area contributed by atoms with Crippen molar-refractivity contribution in [2.45, 2.75) is 128 Å². The van der Waals surface area contributed by atoms with Gasteiger partial charge in [0.1, 0.15) is 12.7 Å². The van der Waals surface area contributed by atoms with E-state index in [1.807, 2.05) is 29.2 Å². The molecular formula is C49H59FN8O7. The third-order valence-electron chi connectivity index (χ3n) is 15.3. The van der Waals surface area contributed by atoms with Crippen LogP contribution in [0, 0.1) is 5.92 Å². The molecule has 6 amide bonds. The number of nitrogens with zero attached hydrogens (tertiary/aromatic N) is 6. The Balaban J connectivity index is 0.768. The molecule has 2 N–H and O–H groups in total. The van der Waals surface area contributed by atoms with Gasteiger partial charge in [-0.25, -0.2) is 4.39 Å². The summed E-state index contributed by atoms with van der Waals surface area (Å²) in [4.78, 5) is 85.1. The molecule has 1 saturated carbocycles. The molecule has 1 aliphatic carbocycles. The fraction of sp³-hybridized carbons (Fsp3) is 0.571. The van der Waals surface area contributed by atoms with Crippen LogP contribution < -0.4 is 15.5 Å². The fourth-order valence-electron chi connectivity index (χ4n) is 11.7. The van der Waals surface area contributed by atoms with E-state index in [0.29, 0.717) is 61.0 Å². The smallest absolute Gasteiger partial charge is 0.262 e. The first-order valence-electron chi connectivity index (χ1n) is 23.9. The highest BCUT2D eigenvalue weighted by atomic mass is 19.1. The van der Waals surface area contributed by atoms with Gasteiger partial charge in [-0.1, -0.05) is 6.07 Å². The van der Waals surface area contributed by atoms with Crippen molar-refractivity contribution >= 4 is 46.9 Å². The van der Waals surface area contributed by atoms with Gasteiger partial charge in [0.15, 0.2) is 5.82 Å². The number of alkyl halides is 1. The van der Waals surface area contributed by atoms with Gasteiger partial charge in [-0.2, -0.15) is 5.10 Å². The van der Waals surface area contributed by atoms with Gasteiger partial charge >= 0.3 is 0 Å². The van der Waals surface area contributed by atoms with Crippen LogP contribution in [0.1, 0.15) is 149 Å². The molecule has 4 fully saturated rings. The lowest BCUT2D eigenvalue weighted by atomic mass is 9.84. The predicted molar refractivity (Wildman–Crippen MR) is 237 cm³/mol. The second-order valence-corrected chi connectivity index (χ2v) is 19.3. The maximum absolute atomic E-state index is 15.0. The Labute approximate surface area is 378 Å². The van der Waals surface area contributed by atoms with E-state index >= 15 is 0 Å². The molecular weight excluding hydrogens is 832 g/mol. The number of hydrogen-bond acceptors (Lipinski definition) is 10. The Kier molecular flexibility index (Phi) is 12.1. The number of carbonyl (C=O) groups excluding carboxylic acids is 6. The average molecular weight is 891 g/mol. The van der Waals surface area contributed by atoms with Crippen LogP contribution in [-0.2, 0) is 45.2 Å². The number of amides is 6. The van der Waals surface area contributed by atoms with E-state index in [1.165, 1.54) is 5.69 Å². The van der Waals surface area contributed by atoms with E-state index < -0.39 is 36.3 Å². The Bertz CT molecular complexity index is 2420. The van der Waals surface area contributed by atoms with Gasteiger partial charge in [0.05, 0.1) is 23.7 Å². The summed E-state index contributed by atoms with van der Waals surface area (Å²) in [5, 5.41) is 10.8. The van der Waals surface area contributed by atoms with Crippen LogP contribution in [0.2, 0.25) is 0 Å². The van der Waals surface area contributed by atoms with Crippen molar-refractivity contribution in [1.29, 1.82) is 0 Å². The monoisotopic (exact) mass is 890 g/mol. The van der Waals surface area contributed by atoms with Crippen molar-refractivity contribution in [3.8, 4) is 0 Å². The second-order valence-electron chi connectivity index (χ2n) is 19.3. The molecule has 65 heavy (non-hydrogen) atoms. The van der Waals surface area contributed by atoms with Crippen molar-refractivity contribution < 1.29 is 37.9 Å². The lowest BCUT2D eigenvalue weighted by Crippen LogP contribution is -2.54. The summed E-state index contributed by atoms with van der Waals surface area (Å²) in [6.45, 7) is 6.87. The number of rotatable bonds is 9. The van der Waals surface area contributed by atoms with Crippen LogP contribution in [0.3, 0.4) is 0 Å². The van der Waals surface area contributed by atoms with Gasteiger partial charge in [-0.3, -0.25) is 43.7 Å². The van der Waals surface area contributed by atoms with E-state index in [0.717, 1.165) is 123 Å². The minimum absolute atomic E-state index is 0.00384. The molecule has 7 heterocycles. The molecule has 3 saturated heterocycles. The SMILES string of the molecule is CC(=O)N1CCc2c(c(N3CCCc4cc(C(=O)NC5CCC(CN6CCC[C@H](c7ccc8c(c7)C(=O)N(C7CCC(=O)NC7=O)C8=O)C6)CC5)c(CF)cc43)nn2C2CCOCC2)C1. The number of benzene rings is 2. The number of nitrogens with one attached hydrogen (secondary N) is 2. The third-order valence-corrected chi connectivity index (χ3v) is 15.3. The highest BCUT2D eigenvalue weighted by Gasteiger charge is 2.45. The molecule has 344 valence electrons. The average Bonchev–Trinajstić information content (AvgIpc) is 3.82. The lowest BCUT2D eigenvalue weighted by Gasteiger charge is -2.37. The number of ether oxygens (including phenoxy) is 1. The van der Waals surface area contributed by atoms with Crippen LogP contribution in [0.4, 0.5) is 15.9 Å². The molecule has 1 unspecified atom stereocenters. The number of fused-ring (bicyclic) bond motifs is 3. The molecule has 0 radical (unpaired) electrons. The summed E-state index contributed by atoms with van der Waals surface area (Å²) in [6, 6.07) is 8.48. The number of imide groups is 2. The van der Waals surface area contributed by atoms with E-state index in [1.54, 1.807) is 13.0 Å². The molecule has 2 aromatic carbocycles. The van der Waals surface area contributed by atoms with Crippen molar-refractivity contribution in [3.63, 3.8) is 0 Å². The summed E-state index contributed by atoms with van der Waals surface area (Å²) < 4.78 is 22.8. The first-order valence-corrected chi connectivity index (χ1v) is 23.9. The highest BCUT2D eigenvalue weighted by molar-refractivity contribution is 6.23. The second kappa shape index (κ2) is 18.1. The van der Waals surface area contributed by atoms with Crippen LogP contribution in [0.5, 0.6) is 0 Å². The maximum atomic E-state index is 15.0. The largest absolute Gasteiger partial charge is 0.381 e. The van der Waals surface area contributed by atoms with Crippen LogP contribution in [-0.4, -0.2) is 118 Å². The number of piperidine rings is 2. The molecule has 7 aliphatic rings. The molecule has 2 atom stereocenters. The molecule has 10 rings (SSSR count). The van der Waals surface area contributed by atoms with Gasteiger partial charge in [0, 0.05) is 87.7 Å². The molecule has 0 bridgehead atoms. The van der Waals surface area contributed by atoms with E-state index in [4.69, 9.17) is 9.84 Å².